The maximum atomic E-state index is 4.23. The van der Waals surface area contributed by atoms with Crippen molar-refractivity contribution in [2.24, 2.45) is 5.92 Å². The second kappa shape index (κ2) is 5.00. The first kappa shape index (κ1) is 11.6. The van der Waals surface area contributed by atoms with Crippen molar-refractivity contribution in [2.45, 2.75) is 59.0 Å². The van der Waals surface area contributed by atoms with E-state index in [0.29, 0.717) is 6.04 Å². The van der Waals surface area contributed by atoms with Gasteiger partial charge in [0.2, 0.25) is 0 Å². The predicted octanol–water partition coefficient (Wildman–Crippen LogP) is 2.69. The van der Waals surface area contributed by atoms with E-state index in [2.05, 4.69) is 36.3 Å². The molecule has 2 atom stereocenters. The molecule has 1 aliphatic carbocycles. The fourth-order valence-corrected chi connectivity index (χ4v) is 2.69. The number of aromatic nitrogens is 2. The second-order valence-corrected chi connectivity index (χ2v) is 5.16. The van der Waals surface area contributed by atoms with Gasteiger partial charge in [-0.3, -0.25) is 5.10 Å². The molecule has 16 heavy (non-hydrogen) atoms. The third-order valence-corrected chi connectivity index (χ3v) is 3.93. The van der Waals surface area contributed by atoms with Crippen LogP contribution in [0.5, 0.6) is 0 Å². The Kier molecular flexibility index (Phi) is 3.64. The van der Waals surface area contributed by atoms with Gasteiger partial charge in [-0.15, -0.1) is 0 Å². The minimum atomic E-state index is 0.697. The van der Waals surface area contributed by atoms with Gasteiger partial charge in [0.05, 0.1) is 5.69 Å². The highest BCUT2D eigenvalue weighted by Crippen LogP contribution is 2.24. The Morgan fingerprint density at radius 1 is 1.31 bits per heavy atom. The summed E-state index contributed by atoms with van der Waals surface area (Å²) < 4.78 is 0. The minimum absolute atomic E-state index is 0.697. The fourth-order valence-electron chi connectivity index (χ4n) is 2.69. The molecule has 1 aliphatic rings. The minimum Gasteiger partial charge on any atom is -0.310 e. The van der Waals surface area contributed by atoms with E-state index in [0.717, 1.165) is 18.2 Å². The Morgan fingerprint density at radius 3 is 2.69 bits per heavy atom. The molecule has 2 rings (SSSR count). The number of hydrogen-bond donors (Lipinski definition) is 2. The second-order valence-electron chi connectivity index (χ2n) is 5.16. The summed E-state index contributed by atoms with van der Waals surface area (Å²) in [5, 5.41) is 11.0. The molecule has 3 heteroatoms. The molecular weight excluding hydrogens is 198 g/mol. The van der Waals surface area contributed by atoms with E-state index < -0.39 is 0 Å². The number of nitrogens with one attached hydrogen (secondary N) is 2. The van der Waals surface area contributed by atoms with E-state index >= 15 is 0 Å². The number of rotatable bonds is 3. The molecule has 1 fully saturated rings. The smallest absolute Gasteiger partial charge is 0.0638 e. The molecule has 0 aliphatic heterocycles. The number of hydrogen-bond acceptors (Lipinski definition) is 2. The van der Waals surface area contributed by atoms with Crippen LogP contribution in [0, 0.1) is 19.8 Å². The first-order chi connectivity index (χ1) is 7.68. The van der Waals surface area contributed by atoms with Crippen molar-refractivity contribution < 1.29 is 0 Å². The van der Waals surface area contributed by atoms with Gasteiger partial charge in [-0.2, -0.15) is 5.10 Å². The highest BCUT2D eigenvalue weighted by Gasteiger charge is 2.21. The maximum absolute atomic E-state index is 4.23. The van der Waals surface area contributed by atoms with Crippen LogP contribution in [0.25, 0.3) is 0 Å². The van der Waals surface area contributed by atoms with Gasteiger partial charge in [0, 0.05) is 23.8 Å². The number of aryl methyl sites for hydroxylation is 2. The average molecular weight is 221 g/mol. The van der Waals surface area contributed by atoms with Crippen LogP contribution in [0.3, 0.4) is 0 Å². The Hall–Kier alpha value is -0.830. The fraction of sp³-hybridized carbons (Fsp3) is 0.769. The molecule has 2 N–H and O–H groups in total. The van der Waals surface area contributed by atoms with Crippen LogP contribution in [-0.2, 0) is 6.54 Å². The quantitative estimate of drug-likeness (QED) is 0.824. The monoisotopic (exact) mass is 221 g/mol. The summed E-state index contributed by atoms with van der Waals surface area (Å²) in [5.74, 6) is 0.821. The molecule has 0 saturated heterocycles. The van der Waals surface area contributed by atoms with E-state index in [1.54, 1.807) is 0 Å². The van der Waals surface area contributed by atoms with Crippen LogP contribution >= 0.6 is 0 Å². The molecule has 0 amide bonds. The van der Waals surface area contributed by atoms with Crippen LogP contribution in [0.2, 0.25) is 0 Å². The average Bonchev–Trinajstić information content (AvgIpc) is 2.58. The van der Waals surface area contributed by atoms with Gasteiger partial charge in [-0.05, 0) is 32.6 Å². The Balaban J connectivity index is 1.91. The largest absolute Gasteiger partial charge is 0.310 e. The Bertz CT molecular complexity index is 323. The lowest BCUT2D eigenvalue weighted by molar-refractivity contribution is 0.279. The normalized spacial score (nSPS) is 25.9. The van der Waals surface area contributed by atoms with Gasteiger partial charge in [-0.25, -0.2) is 0 Å². The van der Waals surface area contributed by atoms with Crippen molar-refractivity contribution in [2.75, 3.05) is 0 Å². The van der Waals surface area contributed by atoms with Gasteiger partial charge < -0.3 is 5.32 Å². The number of aromatic amines is 1. The third-order valence-electron chi connectivity index (χ3n) is 3.93. The Labute approximate surface area is 98.0 Å². The zero-order valence-electron chi connectivity index (χ0n) is 10.6. The molecule has 0 bridgehead atoms. The van der Waals surface area contributed by atoms with Gasteiger partial charge in [-0.1, -0.05) is 19.8 Å². The third kappa shape index (κ3) is 2.46. The lowest BCUT2D eigenvalue weighted by Gasteiger charge is -2.29. The summed E-state index contributed by atoms with van der Waals surface area (Å²) in [6, 6.07) is 0.697. The van der Waals surface area contributed by atoms with Crippen molar-refractivity contribution >= 4 is 0 Å². The van der Waals surface area contributed by atoms with Gasteiger partial charge in [0.15, 0.2) is 0 Å². The zero-order valence-corrected chi connectivity index (χ0v) is 10.6. The number of H-pyrrole nitrogens is 1. The summed E-state index contributed by atoms with van der Waals surface area (Å²) in [5.41, 5.74) is 3.68. The predicted molar refractivity (Wildman–Crippen MR) is 66.3 cm³/mol. The molecule has 1 saturated carbocycles. The molecule has 2 unspecified atom stereocenters. The van der Waals surface area contributed by atoms with Crippen molar-refractivity contribution in [1.29, 1.82) is 0 Å². The van der Waals surface area contributed by atoms with Crippen molar-refractivity contribution in [3.8, 4) is 0 Å². The lowest BCUT2D eigenvalue weighted by atomic mass is 9.86. The lowest BCUT2D eigenvalue weighted by Crippen LogP contribution is -2.36. The molecule has 90 valence electrons. The molecular formula is C13H23N3. The molecule has 0 aromatic carbocycles. The van der Waals surface area contributed by atoms with Gasteiger partial charge in [0.25, 0.3) is 0 Å². The summed E-state index contributed by atoms with van der Waals surface area (Å²) >= 11 is 0. The van der Waals surface area contributed by atoms with Crippen LogP contribution in [0.15, 0.2) is 0 Å². The van der Waals surface area contributed by atoms with E-state index in [1.807, 2.05) is 0 Å². The standard InChI is InChI=1S/C13H23N3/c1-9-6-4-5-7-13(9)14-8-12-10(2)15-16-11(12)3/h9,13-14H,4-8H2,1-3H3,(H,15,16). The summed E-state index contributed by atoms with van der Waals surface area (Å²) in [6.07, 6.45) is 5.49. The van der Waals surface area contributed by atoms with Crippen molar-refractivity contribution in [3.63, 3.8) is 0 Å². The van der Waals surface area contributed by atoms with E-state index in [4.69, 9.17) is 0 Å². The van der Waals surface area contributed by atoms with E-state index in [9.17, 15) is 0 Å². The zero-order chi connectivity index (χ0) is 11.5. The first-order valence-electron chi connectivity index (χ1n) is 6.42. The van der Waals surface area contributed by atoms with Gasteiger partial charge >= 0.3 is 0 Å². The molecule has 3 nitrogen and oxygen atoms in total. The highest BCUT2D eigenvalue weighted by molar-refractivity contribution is 5.22. The van der Waals surface area contributed by atoms with Crippen LogP contribution in [-0.4, -0.2) is 16.2 Å². The SMILES string of the molecule is Cc1n[nH]c(C)c1CNC1CCCCC1C. The van der Waals surface area contributed by atoms with Crippen LogP contribution < -0.4 is 5.32 Å². The highest BCUT2D eigenvalue weighted by atomic mass is 15.1. The van der Waals surface area contributed by atoms with E-state index in [-0.39, 0.29) is 0 Å². The molecule has 1 aromatic heterocycles. The van der Waals surface area contributed by atoms with Crippen molar-refractivity contribution in [3.05, 3.63) is 17.0 Å². The van der Waals surface area contributed by atoms with Crippen LogP contribution in [0.1, 0.15) is 49.6 Å². The van der Waals surface area contributed by atoms with E-state index in [1.165, 1.54) is 36.9 Å². The topological polar surface area (TPSA) is 40.7 Å². The molecule has 1 heterocycles. The molecule has 1 aromatic rings. The summed E-state index contributed by atoms with van der Waals surface area (Å²) in [6.45, 7) is 7.50. The number of nitrogens with zero attached hydrogens (tertiary/aromatic N) is 1. The summed E-state index contributed by atoms with van der Waals surface area (Å²) in [7, 11) is 0. The van der Waals surface area contributed by atoms with Gasteiger partial charge in [0.1, 0.15) is 0 Å². The molecule has 0 spiro atoms. The Morgan fingerprint density at radius 2 is 2.06 bits per heavy atom. The van der Waals surface area contributed by atoms with Crippen molar-refractivity contribution in [1.82, 2.24) is 15.5 Å². The van der Waals surface area contributed by atoms with Crippen LogP contribution in [0.4, 0.5) is 0 Å². The first-order valence-corrected chi connectivity index (χ1v) is 6.42. The maximum Gasteiger partial charge on any atom is 0.0638 e. The molecule has 0 radical (unpaired) electrons. The summed E-state index contributed by atoms with van der Waals surface area (Å²) in [4.78, 5) is 0.